The highest BCUT2D eigenvalue weighted by Crippen LogP contribution is 2.27. The number of esters is 2. The number of carbonyl (C=O) groups is 3. The van der Waals surface area contributed by atoms with Crippen LogP contribution in [0.25, 0.3) is 6.08 Å². The number of rotatable bonds is 10. The smallest absolute Gasteiger partial charge is 0.408 e. The van der Waals surface area contributed by atoms with Crippen molar-refractivity contribution in [2.75, 3.05) is 13.2 Å². The van der Waals surface area contributed by atoms with Gasteiger partial charge in [-0.25, -0.2) is 4.79 Å². The van der Waals surface area contributed by atoms with E-state index in [-0.39, 0.29) is 13.2 Å². The summed E-state index contributed by atoms with van der Waals surface area (Å²) in [6, 6.07) is 5.78. The van der Waals surface area contributed by atoms with Gasteiger partial charge in [-0.05, 0) is 38.0 Å². The van der Waals surface area contributed by atoms with E-state index < -0.39 is 35.6 Å². The average molecular weight is 415 g/mol. The topological polar surface area (TPSA) is 90.9 Å². The van der Waals surface area contributed by atoms with Crippen LogP contribution in [0.2, 0.25) is 0 Å². The van der Waals surface area contributed by atoms with Gasteiger partial charge in [0.05, 0.1) is 6.04 Å². The standard InChI is InChI=1S/C23H29NO6/c1-7-13-28-20(25)18(21(26)29-14-8-2)19(24-22(27)30-23(4,5)6)17-12-10-11-16(9-3)15-17/h7-12,15,18-19H,1-3,13-14H2,4-6H3,(H,24,27)/t19-/m0/s1. The molecule has 0 unspecified atom stereocenters. The summed E-state index contributed by atoms with van der Waals surface area (Å²) in [4.78, 5) is 38.0. The number of alkyl carbamates (subject to hydrolysis) is 1. The quantitative estimate of drug-likeness (QED) is 0.269. The van der Waals surface area contributed by atoms with Gasteiger partial charge in [0.2, 0.25) is 0 Å². The second-order valence-corrected chi connectivity index (χ2v) is 7.31. The third-order valence-corrected chi connectivity index (χ3v) is 3.71. The first-order chi connectivity index (χ1) is 14.1. The molecule has 0 bridgehead atoms. The van der Waals surface area contributed by atoms with E-state index in [1.165, 1.54) is 12.2 Å². The van der Waals surface area contributed by atoms with Crippen LogP contribution in [-0.2, 0) is 23.8 Å². The fourth-order valence-electron chi connectivity index (χ4n) is 2.50. The molecular formula is C23H29NO6. The van der Waals surface area contributed by atoms with Gasteiger partial charge in [-0.2, -0.15) is 0 Å². The number of amides is 1. The maximum Gasteiger partial charge on any atom is 0.408 e. The van der Waals surface area contributed by atoms with Crippen molar-refractivity contribution >= 4 is 24.1 Å². The molecule has 0 heterocycles. The molecule has 1 N–H and O–H groups in total. The van der Waals surface area contributed by atoms with E-state index in [2.05, 4.69) is 25.1 Å². The van der Waals surface area contributed by atoms with Gasteiger partial charge < -0.3 is 19.5 Å². The van der Waals surface area contributed by atoms with Gasteiger partial charge in [0.15, 0.2) is 5.92 Å². The average Bonchev–Trinajstić information content (AvgIpc) is 2.68. The van der Waals surface area contributed by atoms with Gasteiger partial charge in [0.1, 0.15) is 18.8 Å². The molecule has 1 atom stereocenters. The summed E-state index contributed by atoms with van der Waals surface area (Å²) in [7, 11) is 0. The number of carbonyl (C=O) groups excluding carboxylic acids is 3. The fourth-order valence-corrected chi connectivity index (χ4v) is 2.50. The molecule has 0 aliphatic rings. The highest BCUT2D eigenvalue weighted by Gasteiger charge is 2.40. The van der Waals surface area contributed by atoms with Crippen molar-refractivity contribution in [2.24, 2.45) is 5.92 Å². The van der Waals surface area contributed by atoms with Crippen molar-refractivity contribution in [1.29, 1.82) is 0 Å². The summed E-state index contributed by atoms with van der Waals surface area (Å²) in [6.07, 6.45) is 3.56. The van der Waals surface area contributed by atoms with E-state index >= 15 is 0 Å². The third kappa shape index (κ3) is 7.95. The van der Waals surface area contributed by atoms with Gasteiger partial charge in [-0.3, -0.25) is 9.59 Å². The van der Waals surface area contributed by atoms with Crippen LogP contribution < -0.4 is 5.32 Å². The van der Waals surface area contributed by atoms with Crippen LogP contribution in [0.1, 0.15) is 37.9 Å². The van der Waals surface area contributed by atoms with Crippen LogP contribution in [0.3, 0.4) is 0 Å². The molecule has 1 aromatic rings. The summed E-state index contributed by atoms with van der Waals surface area (Å²) in [5.41, 5.74) is 0.440. The van der Waals surface area contributed by atoms with Gasteiger partial charge >= 0.3 is 18.0 Å². The molecular weight excluding hydrogens is 386 g/mol. The largest absolute Gasteiger partial charge is 0.461 e. The summed E-state index contributed by atoms with van der Waals surface area (Å²) >= 11 is 0. The number of ether oxygens (including phenoxy) is 3. The fraction of sp³-hybridized carbons (Fsp3) is 0.348. The van der Waals surface area contributed by atoms with Crippen LogP contribution in [0.4, 0.5) is 4.79 Å². The molecule has 0 aliphatic carbocycles. The Morgan fingerprint density at radius 1 is 1.03 bits per heavy atom. The van der Waals surface area contributed by atoms with Gasteiger partial charge in [0.25, 0.3) is 0 Å². The molecule has 0 spiro atoms. The van der Waals surface area contributed by atoms with Crippen LogP contribution in [0.5, 0.6) is 0 Å². The second-order valence-electron chi connectivity index (χ2n) is 7.31. The molecule has 0 aliphatic heterocycles. The number of benzene rings is 1. The predicted octanol–water partition coefficient (Wildman–Crippen LogP) is 3.97. The molecule has 1 aromatic carbocycles. The van der Waals surface area contributed by atoms with Crippen molar-refractivity contribution in [3.63, 3.8) is 0 Å². The molecule has 30 heavy (non-hydrogen) atoms. The second kappa shape index (κ2) is 11.6. The van der Waals surface area contributed by atoms with E-state index in [9.17, 15) is 14.4 Å². The minimum Gasteiger partial charge on any atom is -0.461 e. The first-order valence-corrected chi connectivity index (χ1v) is 9.40. The van der Waals surface area contributed by atoms with Gasteiger partial charge in [-0.15, -0.1) is 0 Å². The monoisotopic (exact) mass is 415 g/mol. The Labute approximate surface area is 177 Å². The van der Waals surface area contributed by atoms with Gasteiger partial charge in [0, 0.05) is 0 Å². The highest BCUT2D eigenvalue weighted by molar-refractivity contribution is 5.96. The van der Waals surface area contributed by atoms with Crippen molar-refractivity contribution in [1.82, 2.24) is 5.32 Å². The summed E-state index contributed by atoms with van der Waals surface area (Å²) in [5.74, 6) is -3.21. The number of hydrogen-bond donors (Lipinski definition) is 1. The van der Waals surface area contributed by atoms with Gasteiger partial charge in [-0.1, -0.05) is 56.2 Å². The molecule has 0 radical (unpaired) electrons. The van der Waals surface area contributed by atoms with Crippen LogP contribution in [-0.4, -0.2) is 36.8 Å². The SMILES string of the molecule is C=CCOC(=O)C(C(=O)OCC=C)[C@@H](NC(=O)OC(C)(C)C)c1cccc(C=C)c1. The van der Waals surface area contributed by atoms with E-state index in [1.54, 1.807) is 51.1 Å². The van der Waals surface area contributed by atoms with E-state index in [0.717, 1.165) is 5.56 Å². The first-order valence-electron chi connectivity index (χ1n) is 9.40. The zero-order valence-corrected chi connectivity index (χ0v) is 17.7. The first kappa shape index (κ1) is 24.7. The minimum atomic E-state index is -1.47. The van der Waals surface area contributed by atoms with Crippen LogP contribution in [0, 0.1) is 5.92 Å². The Bertz CT molecular complexity index is 769. The van der Waals surface area contributed by atoms with Crippen LogP contribution in [0.15, 0.2) is 56.2 Å². The molecule has 0 saturated heterocycles. The molecule has 1 amide bonds. The predicted molar refractivity (Wildman–Crippen MR) is 114 cm³/mol. The summed E-state index contributed by atoms with van der Waals surface area (Å²) in [6.45, 7) is 15.6. The van der Waals surface area contributed by atoms with Crippen molar-refractivity contribution in [3.8, 4) is 0 Å². The summed E-state index contributed by atoms with van der Waals surface area (Å²) < 4.78 is 15.5. The van der Waals surface area contributed by atoms with Crippen molar-refractivity contribution in [3.05, 3.63) is 67.3 Å². The number of nitrogens with one attached hydrogen (secondary N) is 1. The lowest BCUT2D eigenvalue weighted by Gasteiger charge is -2.27. The van der Waals surface area contributed by atoms with E-state index in [1.807, 2.05) is 0 Å². The Morgan fingerprint density at radius 3 is 2.07 bits per heavy atom. The Kier molecular flexibility index (Phi) is 9.55. The molecule has 7 heteroatoms. The minimum absolute atomic E-state index is 0.101. The maximum absolute atomic E-state index is 12.7. The van der Waals surface area contributed by atoms with Crippen LogP contribution >= 0.6 is 0 Å². The highest BCUT2D eigenvalue weighted by atomic mass is 16.6. The molecule has 0 saturated carbocycles. The van der Waals surface area contributed by atoms with E-state index in [0.29, 0.717) is 5.56 Å². The van der Waals surface area contributed by atoms with Crippen molar-refractivity contribution in [2.45, 2.75) is 32.4 Å². The summed E-state index contributed by atoms with van der Waals surface area (Å²) in [5, 5.41) is 2.61. The Balaban J connectivity index is 3.40. The molecule has 7 nitrogen and oxygen atoms in total. The zero-order chi connectivity index (χ0) is 22.7. The lowest BCUT2D eigenvalue weighted by Crippen LogP contribution is -2.44. The third-order valence-electron chi connectivity index (χ3n) is 3.71. The molecule has 1 rings (SSSR count). The Hall–Kier alpha value is -3.35. The lowest BCUT2D eigenvalue weighted by atomic mass is 9.91. The Morgan fingerprint density at radius 2 is 1.60 bits per heavy atom. The lowest BCUT2D eigenvalue weighted by molar-refractivity contribution is -0.162. The number of hydrogen-bond acceptors (Lipinski definition) is 6. The van der Waals surface area contributed by atoms with Crippen molar-refractivity contribution < 1.29 is 28.6 Å². The molecule has 162 valence electrons. The van der Waals surface area contributed by atoms with E-state index in [4.69, 9.17) is 14.2 Å². The maximum atomic E-state index is 12.7. The normalized spacial score (nSPS) is 11.7. The molecule has 0 aromatic heterocycles. The molecule has 0 fully saturated rings. The zero-order valence-electron chi connectivity index (χ0n) is 17.7.